The van der Waals surface area contributed by atoms with E-state index in [2.05, 4.69) is 6.92 Å². The van der Waals surface area contributed by atoms with Crippen molar-refractivity contribution in [3.63, 3.8) is 0 Å². The zero-order valence-corrected chi connectivity index (χ0v) is 9.78. The molecule has 0 fully saturated rings. The van der Waals surface area contributed by atoms with E-state index in [9.17, 15) is 9.59 Å². The monoisotopic (exact) mass is 206 g/mol. The molecule has 3 atom stereocenters. The van der Waals surface area contributed by atoms with E-state index in [1.165, 1.54) is 6.92 Å². The molecule has 82 valence electrons. The zero-order valence-electron chi connectivity index (χ0n) is 9.78. The van der Waals surface area contributed by atoms with E-state index < -0.39 is 0 Å². The number of carbonyl (C=O) groups excluding carboxylic acids is 2. The van der Waals surface area contributed by atoms with Gasteiger partial charge >= 0.3 is 0 Å². The van der Waals surface area contributed by atoms with E-state index in [4.69, 9.17) is 0 Å². The highest BCUT2D eigenvalue weighted by atomic mass is 16.1. The number of allylic oxidation sites excluding steroid dienone is 4. The van der Waals surface area contributed by atoms with Crippen molar-refractivity contribution in [1.29, 1.82) is 0 Å². The fourth-order valence-electron chi connectivity index (χ4n) is 1.88. The summed E-state index contributed by atoms with van der Waals surface area (Å²) in [7, 11) is 0. The second-order valence-electron chi connectivity index (χ2n) is 4.58. The number of carbonyl (C=O) groups is 2. The maximum absolute atomic E-state index is 11.6. The molecule has 0 amide bonds. The van der Waals surface area contributed by atoms with Gasteiger partial charge in [0.1, 0.15) is 0 Å². The van der Waals surface area contributed by atoms with E-state index in [-0.39, 0.29) is 28.8 Å². The van der Waals surface area contributed by atoms with Gasteiger partial charge in [-0.05, 0) is 25.0 Å². The van der Waals surface area contributed by atoms with Crippen molar-refractivity contribution in [1.82, 2.24) is 0 Å². The molecule has 2 nitrogen and oxygen atoms in total. The van der Waals surface area contributed by atoms with Gasteiger partial charge in [-0.25, -0.2) is 0 Å². The van der Waals surface area contributed by atoms with Crippen LogP contribution in [0, 0.1) is 17.3 Å². The van der Waals surface area contributed by atoms with E-state index in [1.807, 2.05) is 26.0 Å². The summed E-state index contributed by atoms with van der Waals surface area (Å²) in [5, 5.41) is 0. The van der Waals surface area contributed by atoms with Crippen molar-refractivity contribution in [2.45, 2.75) is 27.7 Å². The molecular formula is C13H18O2. The summed E-state index contributed by atoms with van der Waals surface area (Å²) in [6, 6.07) is 0. The lowest BCUT2D eigenvalue weighted by molar-refractivity contribution is -0.122. The standard InChI is InChI=1S/C13H18O2/c1-9-5-6-12(15)11(3)13(9,4)8-7-10(2)14/h5-9,11H,1-4H3. The molecule has 0 heterocycles. The second kappa shape index (κ2) is 4.13. The summed E-state index contributed by atoms with van der Waals surface area (Å²) < 4.78 is 0. The Morgan fingerprint density at radius 1 is 1.47 bits per heavy atom. The van der Waals surface area contributed by atoms with Crippen LogP contribution in [0.5, 0.6) is 0 Å². The number of hydrogen-bond acceptors (Lipinski definition) is 2. The van der Waals surface area contributed by atoms with Gasteiger partial charge in [-0.15, -0.1) is 0 Å². The summed E-state index contributed by atoms with van der Waals surface area (Å²) in [4.78, 5) is 22.5. The van der Waals surface area contributed by atoms with Gasteiger partial charge in [0, 0.05) is 11.3 Å². The molecule has 3 unspecified atom stereocenters. The lowest BCUT2D eigenvalue weighted by Crippen LogP contribution is -2.37. The van der Waals surface area contributed by atoms with Crippen LogP contribution >= 0.6 is 0 Å². The van der Waals surface area contributed by atoms with Crippen LogP contribution in [0.15, 0.2) is 24.3 Å². The Morgan fingerprint density at radius 3 is 2.60 bits per heavy atom. The lowest BCUT2D eigenvalue weighted by Gasteiger charge is -2.38. The van der Waals surface area contributed by atoms with Crippen LogP contribution in [0.3, 0.4) is 0 Å². The van der Waals surface area contributed by atoms with Crippen LogP contribution in [0.2, 0.25) is 0 Å². The van der Waals surface area contributed by atoms with Gasteiger partial charge in [0.05, 0.1) is 0 Å². The van der Waals surface area contributed by atoms with Crippen molar-refractivity contribution < 1.29 is 9.59 Å². The Bertz CT molecular complexity index is 338. The Morgan fingerprint density at radius 2 is 2.07 bits per heavy atom. The normalized spacial score (nSPS) is 36.1. The van der Waals surface area contributed by atoms with Gasteiger partial charge in [0.25, 0.3) is 0 Å². The molecule has 15 heavy (non-hydrogen) atoms. The Kier molecular flexibility index (Phi) is 3.28. The Balaban J connectivity index is 3.04. The number of ketones is 2. The van der Waals surface area contributed by atoms with E-state index in [0.29, 0.717) is 0 Å². The van der Waals surface area contributed by atoms with Gasteiger partial charge in [0.2, 0.25) is 0 Å². The molecule has 0 saturated carbocycles. The fraction of sp³-hybridized carbons (Fsp3) is 0.538. The summed E-state index contributed by atoms with van der Waals surface area (Å²) >= 11 is 0. The lowest BCUT2D eigenvalue weighted by atomic mass is 9.64. The van der Waals surface area contributed by atoms with Crippen molar-refractivity contribution in [2.75, 3.05) is 0 Å². The first-order valence-electron chi connectivity index (χ1n) is 5.29. The van der Waals surface area contributed by atoms with Gasteiger partial charge in [-0.3, -0.25) is 9.59 Å². The van der Waals surface area contributed by atoms with E-state index in [0.717, 1.165) is 0 Å². The first kappa shape index (κ1) is 11.9. The molecule has 1 aliphatic rings. The first-order valence-corrected chi connectivity index (χ1v) is 5.29. The van der Waals surface area contributed by atoms with Crippen LogP contribution in [-0.2, 0) is 9.59 Å². The van der Waals surface area contributed by atoms with Gasteiger partial charge in [-0.1, -0.05) is 32.9 Å². The third-order valence-electron chi connectivity index (χ3n) is 3.57. The molecule has 0 aliphatic heterocycles. The average molecular weight is 206 g/mol. The molecule has 0 aromatic rings. The van der Waals surface area contributed by atoms with Gasteiger partial charge < -0.3 is 0 Å². The topological polar surface area (TPSA) is 34.1 Å². The van der Waals surface area contributed by atoms with Crippen LogP contribution in [0.4, 0.5) is 0 Å². The van der Waals surface area contributed by atoms with Crippen LogP contribution in [-0.4, -0.2) is 11.6 Å². The van der Waals surface area contributed by atoms with Crippen LogP contribution in [0.25, 0.3) is 0 Å². The first-order chi connectivity index (χ1) is 6.88. The maximum Gasteiger partial charge on any atom is 0.159 e. The van der Waals surface area contributed by atoms with Crippen molar-refractivity contribution in [3.8, 4) is 0 Å². The van der Waals surface area contributed by atoms with Crippen molar-refractivity contribution in [2.24, 2.45) is 17.3 Å². The summed E-state index contributed by atoms with van der Waals surface area (Å²) in [6.45, 7) is 7.55. The Hall–Kier alpha value is -1.18. The molecule has 0 bridgehead atoms. The highest BCUT2D eigenvalue weighted by molar-refractivity contribution is 5.93. The molecular weight excluding hydrogens is 188 g/mol. The molecule has 0 radical (unpaired) electrons. The molecule has 1 aliphatic carbocycles. The minimum absolute atomic E-state index is 0.0256. The summed E-state index contributed by atoms with van der Waals surface area (Å²) in [5.41, 5.74) is -0.239. The zero-order chi connectivity index (χ0) is 11.6. The molecule has 0 aromatic heterocycles. The van der Waals surface area contributed by atoms with Crippen molar-refractivity contribution >= 4 is 11.6 Å². The minimum atomic E-state index is -0.239. The third-order valence-corrected chi connectivity index (χ3v) is 3.57. The Labute approximate surface area is 91.1 Å². The molecule has 0 saturated heterocycles. The van der Waals surface area contributed by atoms with Gasteiger partial charge in [-0.2, -0.15) is 0 Å². The quantitative estimate of drug-likeness (QED) is 0.651. The number of hydrogen-bond donors (Lipinski definition) is 0. The fourth-order valence-corrected chi connectivity index (χ4v) is 1.88. The molecule has 2 heteroatoms. The minimum Gasteiger partial charge on any atom is -0.295 e. The van der Waals surface area contributed by atoms with E-state index in [1.54, 1.807) is 12.2 Å². The predicted octanol–water partition coefficient (Wildman–Crippen LogP) is 2.55. The van der Waals surface area contributed by atoms with Crippen LogP contribution in [0.1, 0.15) is 27.7 Å². The number of rotatable bonds is 2. The highest BCUT2D eigenvalue weighted by Gasteiger charge is 2.39. The summed E-state index contributed by atoms with van der Waals surface area (Å²) in [5.74, 6) is 0.385. The second-order valence-corrected chi connectivity index (χ2v) is 4.58. The van der Waals surface area contributed by atoms with Crippen molar-refractivity contribution in [3.05, 3.63) is 24.3 Å². The predicted molar refractivity (Wildman–Crippen MR) is 60.4 cm³/mol. The maximum atomic E-state index is 11.6. The molecule has 0 N–H and O–H groups in total. The van der Waals surface area contributed by atoms with Crippen LogP contribution < -0.4 is 0 Å². The smallest absolute Gasteiger partial charge is 0.159 e. The average Bonchev–Trinajstić information content (AvgIpc) is 2.18. The highest BCUT2D eigenvalue weighted by Crippen LogP contribution is 2.41. The van der Waals surface area contributed by atoms with Gasteiger partial charge in [0.15, 0.2) is 11.6 Å². The molecule has 0 spiro atoms. The SMILES string of the molecule is CC(=O)C=CC1(C)C(C)C=CC(=O)C1C. The molecule has 1 rings (SSSR count). The summed E-state index contributed by atoms with van der Waals surface area (Å²) in [6.07, 6.45) is 7.02. The largest absolute Gasteiger partial charge is 0.295 e. The third kappa shape index (κ3) is 2.25. The molecule has 0 aromatic carbocycles. The van der Waals surface area contributed by atoms with E-state index >= 15 is 0 Å².